The molecule has 1 saturated heterocycles. The molecule has 0 saturated carbocycles. The van der Waals surface area contributed by atoms with E-state index in [9.17, 15) is 4.39 Å². The number of aromatic nitrogens is 4. The number of hydrogen-bond donors (Lipinski definition) is 1. The van der Waals surface area contributed by atoms with Gasteiger partial charge in [0.1, 0.15) is 11.5 Å². The maximum Gasteiger partial charge on any atom is 0.155 e. The van der Waals surface area contributed by atoms with Crippen LogP contribution in [0, 0.1) is 19.7 Å². The minimum Gasteiger partial charge on any atom is -0.352 e. The quantitative estimate of drug-likeness (QED) is 0.698. The third kappa shape index (κ3) is 4.26. The van der Waals surface area contributed by atoms with Crippen LogP contribution in [0.2, 0.25) is 0 Å². The van der Waals surface area contributed by atoms with E-state index >= 15 is 0 Å². The minimum absolute atomic E-state index is 0. The molecule has 1 aromatic carbocycles. The second kappa shape index (κ2) is 8.88. The summed E-state index contributed by atoms with van der Waals surface area (Å²) in [4.78, 5) is 13.9. The van der Waals surface area contributed by atoms with Crippen molar-refractivity contribution < 1.29 is 4.39 Å². The molecule has 3 heterocycles. The fraction of sp³-hybridized carbons (Fsp3) is 0.381. The van der Waals surface area contributed by atoms with Crippen molar-refractivity contribution in [2.24, 2.45) is 0 Å². The highest BCUT2D eigenvalue weighted by Crippen LogP contribution is 2.30. The van der Waals surface area contributed by atoms with E-state index in [-0.39, 0.29) is 18.2 Å². The summed E-state index contributed by atoms with van der Waals surface area (Å²) in [5, 5.41) is 7.43. The van der Waals surface area contributed by atoms with Gasteiger partial charge in [-0.25, -0.2) is 9.37 Å². The summed E-state index contributed by atoms with van der Waals surface area (Å²) in [6, 6.07) is 6.75. The van der Waals surface area contributed by atoms with Gasteiger partial charge in [-0.1, -0.05) is 0 Å². The van der Waals surface area contributed by atoms with Gasteiger partial charge in [0.05, 0.1) is 5.69 Å². The first-order valence-electron chi connectivity index (χ1n) is 9.62. The molecule has 0 bridgehead atoms. The topological polar surface area (TPSA) is 60.9 Å². The Bertz CT molecular complexity index is 931. The van der Waals surface area contributed by atoms with E-state index in [0.29, 0.717) is 6.04 Å². The number of nitrogens with zero attached hydrogens (tertiary/aromatic N) is 5. The second-order valence-electron chi connectivity index (χ2n) is 7.28. The van der Waals surface area contributed by atoms with E-state index in [1.807, 2.05) is 0 Å². The molecule has 4 rings (SSSR count). The number of nitrogens with one attached hydrogen (secondary N) is 1. The molecule has 29 heavy (non-hydrogen) atoms. The standard InChI is InChI=1S/C21H25FN6.ClH/c1-14-19(15(2)26-25-14)16(3)27-10-12-28(13-11-27)21-20(23-8-9-24-21)17-4-6-18(22)7-5-17;/h4-9,16H,10-13H2,1-3H3,(H,25,26);1H. The van der Waals surface area contributed by atoms with Crippen LogP contribution in [-0.4, -0.2) is 51.2 Å². The van der Waals surface area contributed by atoms with Crippen LogP contribution in [0.1, 0.15) is 29.9 Å². The van der Waals surface area contributed by atoms with Crippen molar-refractivity contribution in [1.29, 1.82) is 0 Å². The van der Waals surface area contributed by atoms with Crippen molar-refractivity contribution in [2.45, 2.75) is 26.8 Å². The number of hydrogen-bond acceptors (Lipinski definition) is 5. The van der Waals surface area contributed by atoms with Crippen LogP contribution < -0.4 is 4.90 Å². The van der Waals surface area contributed by atoms with Gasteiger partial charge < -0.3 is 4.90 Å². The van der Waals surface area contributed by atoms with Crippen LogP contribution in [0.4, 0.5) is 10.2 Å². The van der Waals surface area contributed by atoms with Crippen molar-refractivity contribution >= 4 is 18.2 Å². The fourth-order valence-corrected chi connectivity index (χ4v) is 4.05. The van der Waals surface area contributed by atoms with Crippen molar-refractivity contribution in [3.8, 4) is 11.3 Å². The maximum absolute atomic E-state index is 13.3. The van der Waals surface area contributed by atoms with Crippen LogP contribution in [0.3, 0.4) is 0 Å². The van der Waals surface area contributed by atoms with Crippen molar-refractivity contribution in [1.82, 2.24) is 25.1 Å². The van der Waals surface area contributed by atoms with Crippen molar-refractivity contribution in [3.05, 3.63) is 59.4 Å². The zero-order valence-electron chi connectivity index (χ0n) is 16.9. The Kier molecular flexibility index (Phi) is 6.49. The number of aryl methyl sites for hydroxylation is 2. The van der Waals surface area contributed by atoms with Crippen LogP contribution in [0.25, 0.3) is 11.3 Å². The normalized spacial score (nSPS) is 15.8. The van der Waals surface area contributed by atoms with Gasteiger partial charge in [-0.15, -0.1) is 12.4 Å². The summed E-state index contributed by atoms with van der Waals surface area (Å²) in [5.74, 6) is 0.610. The molecule has 0 aliphatic carbocycles. The van der Waals surface area contributed by atoms with E-state index in [0.717, 1.165) is 54.6 Å². The van der Waals surface area contributed by atoms with E-state index in [2.05, 4.69) is 50.7 Å². The van der Waals surface area contributed by atoms with E-state index in [1.54, 1.807) is 24.5 Å². The van der Waals surface area contributed by atoms with Gasteiger partial charge in [0.25, 0.3) is 0 Å². The first-order valence-corrected chi connectivity index (χ1v) is 9.62. The summed E-state index contributed by atoms with van der Waals surface area (Å²) >= 11 is 0. The number of rotatable bonds is 4. The minimum atomic E-state index is -0.248. The average molecular weight is 417 g/mol. The fourth-order valence-electron chi connectivity index (χ4n) is 4.05. The van der Waals surface area contributed by atoms with Gasteiger partial charge in [0.15, 0.2) is 5.82 Å². The third-order valence-electron chi connectivity index (χ3n) is 5.56. The lowest BCUT2D eigenvalue weighted by Crippen LogP contribution is -2.47. The number of benzene rings is 1. The summed E-state index contributed by atoms with van der Waals surface area (Å²) in [5.41, 5.74) is 5.18. The number of aromatic amines is 1. The highest BCUT2D eigenvalue weighted by molar-refractivity contribution is 5.85. The highest BCUT2D eigenvalue weighted by atomic mass is 35.5. The Morgan fingerprint density at radius 2 is 1.66 bits per heavy atom. The van der Waals surface area contributed by atoms with Gasteiger partial charge in [-0.3, -0.25) is 15.0 Å². The number of H-pyrrole nitrogens is 1. The predicted octanol–water partition coefficient (Wildman–Crippen LogP) is 3.93. The predicted molar refractivity (Wildman–Crippen MR) is 115 cm³/mol. The summed E-state index contributed by atoms with van der Waals surface area (Å²) in [7, 11) is 0. The van der Waals surface area contributed by atoms with Crippen molar-refractivity contribution in [2.75, 3.05) is 31.1 Å². The van der Waals surface area contributed by atoms with E-state index < -0.39 is 0 Å². The molecule has 154 valence electrons. The Morgan fingerprint density at radius 1 is 1.00 bits per heavy atom. The molecule has 1 aliphatic heterocycles. The van der Waals surface area contributed by atoms with Crippen molar-refractivity contribution in [3.63, 3.8) is 0 Å². The Labute approximate surface area is 176 Å². The zero-order chi connectivity index (χ0) is 19.7. The lowest BCUT2D eigenvalue weighted by Gasteiger charge is -2.39. The lowest BCUT2D eigenvalue weighted by atomic mass is 10.0. The van der Waals surface area contributed by atoms with Crippen LogP contribution in [-0.2, 0) is 0 Å². The summed E-state index contributed by atoms with van der Waals surface area (Å²) in [6.45, 7) is 9.99. The first-order chi connectivity index (χ1) is 13.5. The average Bonchev–Trinajstić information content (AvgIpc) is 3.06. The molecule has 1 N–H and O–H groups in total. The Balaban J connectivity index is 0.00000240. The zero-order valence-corrected chi connectivity index (χ0v) is 17.7. The van der Waals surface area contributed by atoms with Crippen LogP contribution >= 0.6 is 12.4 Å². The molecule has 6 nitrogen and oxygen atoms in total. The van der Waals surface area contributed by atoms with Crippen LogP contribution in [0.15, 0.2) is 36.7 Å². The van der Waals surface area contributed by atoms with Gasteiger partial charge in [0.2, 0.25) is 0 Å². The molecule has 1 atom stereocenters. The first kappa shape index (κ1) is 21.2. The molecular weight excluding hydrogens is 391 g/mol. The molecule has 2 aromatic heterocycles. The van der Waals surface area contributed by atoms with Gasteiger partial charge in [-0.05, 0) is 45.0 Å². The van der Waals surface area contributed by atoms with Gasteiger partial charge >= 0.3 is 0 Å². The third-order valence-corrected chi connectivity index (χ3v) is 5.56. The Hall–Kier alpha value is -2.51. The molecule has 1 fully saturated rings. The lowest BCUT2D eigenvalue weighted by molar-refractivity contribution is 0.197. The number of halogens is 2. The summed E-state index contributed by atoms with van der Waals surface area (Å²) in [6.07, 6.45) is 3.40. The number of anilines is 1. The molecule has 1 unspecified atom stereocenters. The Morgan fingerprint density at radius 3 is 2.28 bits per heavy atom. The van der Waals surface area contributed by atoms with Gasteiger partial charge in [0, 0.05) is 61.4 Å². The van der Waals surface area contributed by atoms with E-state index in [1.165, 1.54) is 17.7 Å². The molecule has 0 spiro atoms. The molecule has 3 aromatic rings. The smallest absolute Gasteiger partial charge is 0.155 e. The molecule has 0 amide bonds. The molecular formula is C21H26ClFN6. The molecule has 0 radical (unpaired) electrons. The van der Waals surface area contributed by atoms with Crippen LogP contribution in [0.5, 0.6) is 0 Å². The molecule has 1 aliphatic rings. The highest BCUT2D eigenvalue weighted by Gasteiger charge is 2.27. The largest absolute Gasteiger partial charge is 0.352 e. The SMILES string of the molecule is Cc1n[nH]c(C)c1C(C)N1CCN(c2nccnc2-c2ccc(F)cc2)CC1.Cl. The second-order valence-corrected chi connectivity index (χ2v) is 7.28. The van der Waals surface area contributed by atoms with E-state index in [4.69, 9.17) is 0 Å². The monoisotopic (exact) mass is 416 g/mol. The summed E-state index contributed by atoms with van der Waals surface area (Å²) < 4.78 is 13.3. The molecule has 8 heteroatoms. The maximum atomic E-state index is 13.3. The number of piperazine rings is 1. The van der Waals surface area contributed by atoms with Gasteiger partial charge in [-0.2, -0.15) is 5.10 Å².